The molecule has 0 radical (unpaired) electrons. The van der Waals surface area contributed by atoms with Gasteiger partial charge in [-0.2, -0.15) is 0 Å². The highest BCUT2D eigenvalue weighted by atomic mass is 16.7. The average molecular weight is 345 g/mol. The number of nitrogens with zero attached hydrogens (tertiary/aromatic N) is 3. The fourth-order valence-corrected chi connectivity index (χ4v) is 2.44. The molecule has 2 N–H and O–H groups in total. The minimum absolute atomic E-state index is 0.164. The summed E-state index contributed by atoms with van der Waals surface area (Å²) in [5.74, 6) is 0.465. The molecule has 25 heavy (non-hydrogen) atoms. The van der Waals surface area contributed by atoms with Crippen molar-refractivity contribution in [3.05, 3.63) is 42.0 Å². The lowest BCUT2D eigenvalue weighted by Gasteiger charge is -2.21. The van der Waals surface area contributed by atoms with Gasteiger partial charge in [-0.3, -0.25) is 9.89 Å². The third-order valence-electron chi connectivity index (χ3n) is 3.83. The number of hydrogen-bond donors (Lipinski definition) is 2. The Bertz CT molecular complexity index is 587. The Morgan fingerprint density at radius 2 is 2.04 bits per heavy atom. The number of β-amino-alcohol motifs (C(OH)–C–C–N with tert-alkyl or cyclic N) is 1. The fraction of sp³-hybridized carbons (Fsp3) is 0.474. The summed E-state index contributed by atoms with van der Waals surface area (Å²) >= 11 is 0. The molecule has 1 aromatic carbocycles. The minimum Gasteiger partial charge on any atom is -0.386 e. The molecule has 1 aromatic rings. The summed E-state index contributed by atoms with van der Waals surface area (Å²) in [5, 5.41) is 23.8. The number of hydrogen-bond acceptors (Lipinski definition) is 6. The van der Waals surface area contributed by atoms with Gasteiger partial charge in [-0.25, -0.2) is 0 Å². The van der Waals surface area contributed by atoms with E-state index in [1.54, 1.807) is 6.08 Å². The van der Waals surface area contributed by atoms with Crippen LogP contribution >= 0.6 is 0 Å². The van der Waals surface area contributed by atoms with Crippen molar-refractivity contribution < 1.29 is 15.1 Å². The van der Waals surface area contributed by atoms with E-state index < -0.39 is 12.5 Å². The van der Waals surface area contributed by atoms with E-state index in [4.69, 9.17) is 4.84 Å². The van der Waals surface area contributed by atoms with Crippen molar-refractivity contribution in [2.45, 2.75) is 45.1 Å². The molecule has 0 fully saturated rings. The van der Waals surface area contributed by atoms with Gasteiger partial charge in [-0.1, -0.05) is 67.7 Å². The summed E-state index contributed by atoms with van der Waals surface area (Å²) in [6.45, 7) is 3.05. The van der Waals surface area contributed by atoms with E-state index >= 15 is 0 Å². The molecule has 0 amide bonds. The molecule has 6 heteroatoms. The number of rotatable bonds is 10. The SMILES string of the molecule is CCCCCCN=CC(O)CN1C(C=Cc2ccccc2)=NOC1O. The molecule has 1 aliphatic heterocycles. The van der Waals surface area contributed by atoms with Gasteiger partial charge in [0.15, 0.2) is 5.84 Å². The van der Waals surface area contributed by atoms with Crippen LogP contribution in [0, 0.1) is 0 Å². The molecular weight excluding hydrogens is 318 g/mol. The lowest BCUT2D eigenvalue weighted by molar-refractivity contribution is -0.148. The Labute approximate surface area is 149 Å². The van der Waals surface area contributed by atoms with E-state index in [1.807, 2.05) is 36.4 Å². The van der Waals surface area contributed by atoms with E-state index in [-0.39, 0.29) is 6.54 Å². The number of amidine groups is 1. The Hall–Kier alpha value is -2.18. The predicted molar refractivity (Wildman–Crippen MR) is 100 cm³/mol. The van der Waals surface area contributed by atoms with Crippen LogP contribution in [-0.2, 0) is 4.84 Å². The molecule has 0 spiro atoms. The smallest absolute Gasteiger partial charge is 0.307 e. The van der Waals surface area contributed by atoms with E-state index in [1.165, 1.54) is 24.0 Å². The Kier molecular flexibility index (Phi) is 8.15. The summed E-state index contributed by atoms with van der Waals surface area (Å²) in [5.41, 5.74) is 1.01. The first-order chi connectivity index (χ1) is 12.2. The molecule has 136 valence electrons. The number of aliphatic hydroxyl groups is 2. The van der Waals surface area contributed by atoms with Crippen molar-refractivity contribution in [3.63, 3.8) is 0 Å². The summed E-state index contributed by atoms with van der Waals surface area (Å²) in [4.78, 5) is 10.6. The molecule has 1 aliphatic rings. The second kappa shape index (κ2) is 10.6. The molecule has 0 bridgehead atoms. The van der Waals surface area contributed by atoms with Crippen LogP contribution in [-0.4, -0.2) is 52.8 Å². The molecule has 2 atom stereocenters. The van der Waals surface area contributed by atoms with Crippen LogP contribution in [0.1, 0.15) is 38.2 Å². The van der Waals surface area contributed by atoms with Crippen molar-refractivity contribution in [1.82, 2.24) is 4.90 Å². The van der Waals surface area contributed by atoms with Crippen molar-refractivity contribution >= 4 is 18.1 Å². The van der Waals surface area contributed by atoms with Gasteiger partial charge in [0.2, 0.25) is 0 Å². The maximum atomic E-state index is 10.1. The summed E-state index contributed by atoms with van der Waals surface area (Å²) < 4.78 is 0. The number of oxime groups is 1. The lowest BCUT2D eigenvalue weighted by atomic mass is 10.2. The number of aliphatic imine (C=N–C) groups is 1. The molecule has 0 aromatic heterocycles. The average Bonchev–Trinajstić information content (AvgIpc) is 2.97. The van der Waals surface area contributed by atoms with Gasteiger partial charge in [0.1, 0.15) is 6.10 Å². The number of benzene rings is 1. The molecule has 6 nitrogen and oxygen atoms in total. The van der Waals surface area contributed by atoms with Gasteiger partial charge >= 0.3 is 6.41 Å². The van der Waals surface area contributed by atoms with Gasteiger partial charge in [-0.05, 0) is 18.1 Å². The number of aliphatic hydroxyl groups excluding tert-OH is 2. The second-order valence-corrected chi connectivity index (χ2v) is 5.96. The lowest BCUT2D eigenvalue weighted by Crippen LogP contribution is -2.41. The van der Waals surface area contributed by atoms with Crippen LogP contribution in [0.2, 0.25) is 0 Å². The minimum atomic E-state index is -1.19. The zero-order valence-electron chi connectivity index (χ0n) is 14.7. The number of unbranched alkanes of at least 4 members (excludes halogenated alkanes) is 3. The van der Waals surface area contributed by atoms with E-state index in [9.17, 15) is 10.2 Å². The Morgan fingerprint density at radius 3 is 2.80 bits per heavy atom. The van der Waals surface area contributed by atoms with Gasteiger partial charge in [0.05, 0.1) is 6.54 Å². The van der Waals surface area contributed by atoms with Crippen LogP contribution in [0.5, 0.6) is 0 Å². The predicted octanol–water partition coefficient (Wildman–Crippen LogP) is 2.63. The first-order valence-electron chi connectivity index (χ1n) is 8.80. The van der Waals surface area contributed by atoms with Gasteiger partial charge in [0, 0.05) is 12.8 Å². The first kappa shape index (κ1) is 19.1. The maximum absolute atomic E-state index is 10.1. The topological polar surface area (TPSA) is 77.7 Å². The largest absolute Gasteiger partial charge is 0.386 e. The third-order valence-corrected chi connectivity index (χ3v) is 3.83. The molecular formula is C19H27N3O3. The quantitative estimate of drug-likeness (QED) is 0.505. The van der Waals surface area contributed by atoms with Crippen LogP contribution in [0.3, 0.4) is 0 Å². The standard InChI is InChI=1S/C19H27N3O3/c1-2-3-4-8-13-20-14-17(23)15-22-18(21-25-19(22)24)12-11-16-9-6-5-7-10-16/h5-7,9-12,14,17,19,23-24H,2-4,8,13,15H2,1H3. The van der Waals surface area contributed by atoms with Crippen LogP contribution in [0.25, 0.3) is 6.08 Å². The highest BCUT2D eigenvalue weighted by molar-refractivity contribution is 5.97. The molecule has 0 aliphatic carbocycles. The van der Waals surface area contributed by atoms with Gasteiger partial charge < -0.3 is 15.1 Å². The first-order valence-corrected chi connectivity index (χ1v) is 8.80. The van der Waals surface area contributed by atoms with Crippen molar-refractivity contribution in [2.75, 3.05) is 13.1 Å². The molecule has 1 heterocycles. The summed E-state index contributed by atoms with van der Waals surface area (Å²) in [6.07, 6.45) is 7.75. The summed E-state index contributed by atoms with van der Waals surface area (Å²) in [6, 6.07) is 9.77. The van der Waals surface area contributed by atoms with Crippen LogP contribution in [0.15, 0.2) is 46.6 Å². The Morgan fingerprint density at radius 1 is 1.24 bits per heavy atom. The highest BCUT2D eigenvalue weighted by Crippen LogP contribution is 2.13. The highest BCUT2D eigenvalue weighted by Gasteiger charge is 2.27. The normalized spacial score (nSPS) is 18.8. The molecule has 2 rings (SSSR count). The zero-order chi connectivity index (χ0) is 17.9. The molecule has 0 saturated heterocycles. The van der Waals surface area contributed by atoms with E-state index in [2.05, 4.69) is 17.1 Å². The van der Waals surface area contributed by atoms with Gasteiger partial charge in [-0.15, -0.1) is 0 Å². The fourth-order valence-electron chi connectivity index (χ4n) is 2.44. The molecule has 2 unspecified atom stereocenters. The molecule has 0 saturated carbocycles. The third kappa shape index (κ3) is 6.68. The monoisotopic (exact) mass is 345 g/mol. The van der Waals surface area contributed by atoms with Crippen LogP contribution in [0.4, 0.5) is 0 Å². The Balaban J connectivity index is 1.83. The second-order valence-electron chi connectivity index (χ2n) is 5.96. The van der Waals surface area contributed by atoms with Crippen molar-refractivity contribution in [3.8, 4) is 0 Å². The summed E-state index contributed by atoms with van der Waals surface area (Å²) in [7, 11) is 0. The van der Waals surface area contributed by atoms with Gasteiger partial charge in [0.25, 0.3) is 0 Å². The van der Waals surface area contributed by atoms with E-state index in [0.29, 0.717) is 12.4 Å². The van der Waals surface area contributed by atoms with Crippen molar-refractivity contribution in [1.29, 1.82) is 0 Å². The van der Waals surface area contributed by atoms with Crippen LogP contribution < -0.4 is 0 Å². The van der Waals surface area contributed by atoms with Crippen molar-refractivity contribution in [2.24, 2.45) is 10.1 Å². The van der Waals surface area contributed by atoms with E-state index in [0.717, 1.165) is 18.4 Å². The maximum Gasteiger partial charge on any atom is 0.307 e. The zero-order valence-corrected chi connectivity index (χ0v) is 14.7.